The molecule has 6 nitrogen and oxygen atoms in total. The van der Waals surface area contributed by atoms with Crippen LogP contribution in [0.2, 0.25) is 0 Å². The number of nitrogens with two attached hydrogens (primary N) is 1. The number of carboxylic acids is 1. The minimum atomic E-state index is -1.08. The maximum atomic E-state index is 10.7. The Morgan fingerprint density at radius 3 is 3.07 bits per heavy atom. The van der Waals surface area contributed by atoms with Gasteiger partial charge in [0.2, 0.25) is 0 Å². The summed E-state index contributed by atoms with van der Waals surface area (Å²) in [5.74, 6) is -1.08. The highest BCUT2D eigenvalue weighted by Crippen LogP contribution is 2.10. The first-order valence-electron chi connectivity index (χ1n) is 4.38. The van der Waals surface area contributed by atoms with Crippen molar-refractivity contribution >= 4 is 11.6 Å². The van der Waals surface area contributed by atoms with Crippen molar-refractivity contribution in [3.05, 3.63) is 29.7 Å². The lowest BCUT2D eigenvalue weighted by Crippen LogP contribution is -2.21. The van der Waals surface area contributed by atoms with Gasteiger partial charge in [0.15, 0.2) is 5.65 Å². The van der Waals surface area contributed by atoms with Crippen LogP contribution in [-0.2, 0) is 4.79 Å². The van der Waals surface area contributed by atoms with E-state index in [4.69, 9.17) is 10.8 Å². The Kier molecular flexibility index (Phi) is 2.12. The minimum absolute atomic E-state index is 0.429. The van der Waals surface area contributed by atoms with Crippen LogP contribution in [0, 0.1) is 6.92 Å². The van der Waals surface area contributed by atoms with Crippen molar-refractivity contribution in [2.75, 3.05) is 0 Å². The highest BCUT2D eigenvalue weighted by molar-refractivity contribution is 5.75. The third-order valence-corrected chi connectivity index (χ3v) is 2.08. The topological polar surface area (TPSA) is 93.5 Å². The molecule has 2 aromatic heterocycles. The first-order chi connectivity index (χ1) is 7.08. The van der Waals surface area contributed by atoms with Crippen molar-refractivity contribution in [3.8, 4) is 0 Å². The van der Waals surface area contributed by atoms with Crippen LogP contribution in [0.1, 0.15) is 17.3 Å². The Morgan fingerprint density at radius 1 is 1.67 bits per heavy atom. The summed E-state index contributed by atoms with van der Waals surface area (Å²) < 4.78 is 1.52. The fourth-order valence-corrected chi connectivity index (χ4v) is 1.31. The molecule has 1 unspecified atom stereocenters. The van der Waals surface area contributed by atoms with Crippen molar-refractivity contribution in [1.29, 1.82) is 0 Å². The normalized spacial score (nSPS) is 12.9. The third kappa shape index (κ3) is 1.66. The third-order valence-electron chi connectivity index (χ3n) is 2.08. The molecular weight excluding hydrogens is 196 g/mol. The second-order valence-corrected chi connectivity index (χ2v) is 3.29. The standard InChI is InChI=1S/C9H10N4O2/c1-5-2-7-11-3-6(4-13(7)12-5)8(10)9(14)15/h2-4,8H,10H2,1H3,(H,14,15). The van der Waals surface area contributed by atoms with Crippen LogP contribution in [-0.4, -0.2) is 25.7 Å². The molecule has 0 aliphatic rings. The van der Waals surface area contributed by atoms with Crippen LogP contribution in [0.4, 0.5) is 0 Å². The molecule has 0 radical (unpaired) electrons. The van der Waals surface area contributed by atoms with Gasteiger partial charge in [-0.15, -0.1) is 0 Å². The quantitative estimate of drug-likeness (QED) is 0.728. The van der Waals surface area contributed by atoms with E-state index in [0.29, 0.717) is 11.2 Å². The van der Waals surface area contributed by atoms with Gasteiger partial charge >= 0.3 is 5.97 Å². The molecular formula is C9H10N4O2. The molecule has 15 heavy (non-hydrogen) atoms. The minimum Gasteiger partial charge on any atom is -0.480 e. The molecule has 0 saturated carbocycles. The molecule has 2 heterocycles. The van der Waals surface area contributed by atoms with E-state index in [2.05, 4.69) is 10.1 Å². The molecule has 78 valence electrons. The Balaban J connectivity index is 2.50. The smallest absolute Gasteiger partial charge is 0.325 e. The van der Waals surface area contributed by atoms with Gasteiger partial charge in [-0.25, -0.2) is 9.50 Å². The van der Waals surface area contributed by atoms with E-state index in [0.717, 1.165) is 5.69 Å². The summed E-state index contributed by atoms with van der Waals surface area (Å²) in [5, 5.41) is 12.9. The second kappa shape index (κ2) is 3.32. The summed E-state index contributed by atoms with van der Waals surface area (Å²) in [4.78, 5) is 14.7. The zero-order valence-corrected chi connectivity index (χ0v) is 8.08. The van der Waals surface area contributed by atoms with Crippen LogP contribution in [0.15, 0.2) is 18.5 Å². The monoisotopic (exact) mass is 206 g/mol. The number of hydrogen-bond acceptors (Lipinski definition) is 4. The lowest BCUT2D eigenvalue weighted by molar-refractivity contribution is -0.138. The maximum Gasteiger partial charge on any atom is 0.325 e. The molecule has 2 rings (SSSR count). The van der Waals surface area contributed by atoms with E-state index in [1.807, 2.05) is 6.92 Å². The van der Waals surface area contributed by atoms with Gasteiger partial charge in [0.25, 0.3) is 0 Å². The highest BCUT2D eigenvalue weighted by Gasteiger charge is 2.15. The molecule has 6 heteroatoms. The number of fused-ring (bicyclic) bond motifs is 1. The van der Waals surface area contributed by atoms with Crippen LogP contribution < -0.4 is 5.73 Å². The number of rotatable bonds is 2. The molecule has 0 bridgehead atoms. The molecule has 0 aromatic carbocycles. The van der Waals surface area contributed by atoms with Gasteiger partial charge in [-0.05, 0) is 6.92 Å². The molecule has 2 aromatic rings. The molecule has 0 fully saturated rings. The van der Waals surface area contributed by atoms with E-state index in [1.54, 1.807) is 12.3 Å². The summed E-state index contributed by atoms with van der Waals surface area (Å²) in [6.45, 7) is 1.84. The van der Waals surface area contributed by atoms with Crippen molar-refractivity contribution in [2.24, 2.45) is 5.73 Å². The van der Waals surface area contributed by atoms with Crippen molar-refractivity contribution in [3.63, 3.8) is 0 Å². The molecule has 3 N–H and O–H groups in total. The second-order valence-electron chi connectivity index (χ2n) is 3.29. The first kappa shape index (κ1) is 9.60. The van der Waals surface area contributed by atoms with Crippen LogP contribution >= 0.6 is 0 Å². The van der Waals surface area contributed by atoms with E-state index in [1.165, 1.54) is 10.7 Å². The number of aliphatic carboxylic acids is 1. The number of aromatic nitrogens is 3. The zero-order valence-electron chi connectivity index (χ0n) is 8.08. The van der Waals surface area contributed by atoms with Crippen molar-refractivity contribution in [2.45, 2.75) is 13.0 Å². The predicted octanol–water partition coefficient (Wildman–Crippen LogP) is 0.122. The van der Waals surface area contributed by atoms with E-state index in [-0.39, 0.29) is 0 Å². The van der Waals surface area contributed by atoms with E-state index < -0.39 is 12.0 Å². The summed E-state index contributed by atoms with van der Waals surface area (Å²) in [6, 6.07) is 0.738. The number of hydrogen-bond donors (Lipinski definition) is 2. The fourth-order valence-electron chi connectivity index (χ4n) is 1.31. The average Bonchev–Trinajstić information content (AvgIpc) is 2.55. The van der Waals surface area contributed by atoms with Gasteiger partial charge in [-0.3, -0.25) is 4.79 Å². The Bertz CT molecular complexity index is 520. The number of carboxylic acid groups (broad SMARTS) is 1. The van der Waals surface area contributed by atoms with Crippen molar-refractivity contribution in [1.82, 2.24) is 14.6 Å². The molecule has 0 spiro atoms. The van der Waals surface area contributed by atoms with Gasteiger partial charge in [0.05, 0.1) is 5.69 Å². The number of carbonyl (C=O) groups is 1. The predicted molar refractivity (Wildman–Crippen MR) is 52.3 cm³/mol. The van der Waals surface area contributed by atoms with Gasteiger partial charge in [0.1, 0.15) is 6.04 Å². The Morgan fingerprint density at radius 2 is 2.40 bits per heavy atom. The summed E-state index contributed by atoms with van der Waals surface area (Å²) in [6.07, 6.45) is 3.03. The number of nitrogens with zero attached hydrogens (tertiary/aromatic N) is 3. The molecule has 0 saturated heterocycles. The Labute approximate surface area is 85.3 Å². The summed E-state index contributed by atoms with van der Waals surface area (Å²) in [7, 11) is 0. The van der Waals surface area contributed by atoms with Crippen molar-refractivity contribution < 1.29 is 9.90 Å². The van der Waals surface area contributed by atoms with Crippen LogP contribution in [0.3, 0.4) is 0 Å². The molecule has 1 atom stereocenters. The van der Waals surface area contributed by atoms with Crippen LogP contribution in [0.5, 0.6) is 0 Å². The van der Waals surface area contributed by atoms with E-state index in [9.17, 15) is 4.79 Å². The average molecular weight is 206 g/mol. The SMILES string of the molecule is Cc1cc2ncc(C(N)C(=O)O)cn2n1. The lowest BCUT2D eigenvalue weighted by atomic mass is 10.2. The van der Waals surface area contributed by atoms with Gasteiger partial charge in [-0.2, -0.15) is 5.10 Å². The Hall–Kier alpha value is -1.95. The fraction of sp³-hybridized carbons (Fsp3) is 0.222. The van der Waals surface area contributed by atoms with Gasteiger partial charge in [0, 0.05) is 24.0 Å². The molecule has 0 aliphatic heterocycles. The molecule has 0 aliphatic carbocycles. The van der Waals surface area contributed by atoms with Crippen LogP contribution in [0.25, 0.3) is 5.65 Å². The summed E-state index contributed by atoms with van der Waals surface area (Å²) >= 11 is 0. The molecule has 0 amide bonds. The summed E-state index contributed by atoms with van der Waals surface area (Å²) in [5.41, 5.74) is 7.38. The zero-order chi connectivity index (χ0) is 11.0. The first-order valence-corrected chi connectivity index (χ1v) is 4.38. The van der Waals surface area contributed by atoms with Gasteiger partial charge < -0.3 is 10.8 Å². The number of aryl methyl sites for hydroxylation is 1. The lowest BCUT2D eigenvalue weighted by Gasteiger charge is -2.05. The highest BCUT2D eigenvalue weighted by atomic mass is 16.4. The largest absolute Gasteiger partial charge is 0.480 e. The van der Waals surface area contributed by atoms with E-state index >= 15 is 0 Å². The maximum absolute atomic E-state index is 10.7. The van der Waals surface area contributed by atoms with Gasteiger partial charge in [-0.1, -0.05) is 0 Å².